The SMILES string of the molecule is COC(=O)C/C=C/CCC(C)c1cc(O)c(C(=O)C(C)=Cc2ccc(OCCC(C)C)cc2)c(=O)o1. The van der Waals surface area contributed by atoms with Gasteiger partial charge in [0, 0.05) is 12.0 Å². The molecule has 1 aromatic heterocycles. The van der Waals surface area contributed by atoms with Crippen LogP contribution in [-0.4, -0.2) is 30.6 Å². The number of rotatable bonds is 13. The first-order chi connectivity index (χ1) is 17.1. The topological polar surface area (TPSA) is 103 Å². The van der Waals surface area contributed by atoms with Crippen LogP contribution in [0.2, 0.25) is 0 Å². The van der Waals surface area contributed by atoms with Gasteiger partial charge in [0.2, 0.25) is 0 Å². The van der Waals surface area contributed by atoms with E-state index < -0.39 is 17.2 Å². The first-order valence-corrected chi connectivity index (χ1v) is 12.2. The van der Waals surface area contributed by atoms with Crippen molar-refractivity contribution in [3.63, 3.8) is 0 Å². The van der Waals surface area contributed by atoms with Crippen LogP contribution in [0.1, 0.15) is 81.0 Å². The van der Waals surface area contributed by atoms with Crippen LogP contribution in [0.4, 0.5) is 0 Å². The molecule has 2 rings (SSSR count). The van der Waals surface area contributed by atoms with Gasteiger partial charge in [0.1, 0.15) is 22.8 Å². The summed E-state index contributed by atoms with van der Waals surface area (Å²) < 4.78 is 15.7. The van der Waals surface area contributed by atoms with Gasteiger partial charge in [0.05, 0.1) is 20.1 Å². The van der Waals surface area contributed by atoms with Crippen molar-refractivity contribution in [2.75, 3.05) is 13.7 Å². The number of aromatic hydroxyl groups is 1. The molecule has 1 N–H and O–H groups in total. The molecule has 0 aliphatic rings. The van der Waals surface area contributed by atoms with Gasteiger partial charge in [-0.05, 0) is 61.4 Å². The van der Waals surface area contributed by atoms with Crippen molar-refractivity contribution in [2.24, 2.45) is 5.92 Å². The molecule has 194 valence electrons. The van der Waals surface area contributed by atoms with E-state index in [4.69, 9.17) is 9.15 Å². The summed E-state index contributed by atoms with van der Waals surface area (Å²) >= 11 is 0. The predicted octanol–water partition coefficient (Wildman–Crippen LogP) is 6.06. The average molecular weight is 497 g/mol. The molecule has 0 saturated heterocycles. The Balaban J connectivity index is 2.06. The lowest BCUT2D eigenvalue weighted by Gasteiger charge is -2.11. The first-order valence-electron chi connectivity index (χ1n) is 12.2. The fraction of sp³-hybridized carbons (Fsp3) is 0.414. The Labute approximate surface area is 212 Å². The van der Waals surface area contributed by atoms with E-state index in [0.717, 1.165) is 17.7 Å². The van der Waals surface area contributed by atoms with Gasteiger partial charge in [0.25, 0.3) is 0 Å². The molecule has 0 radical (unpaired) electrons. The van der Waals surface area contributed by atoms with Gasteiger partial charge in [-0.25, -0.2) is 4.79 Å². The van der Waals surface area contributed by atoms with Crippen LogP contribution in [-0.2, 0) is 9.53 Å². The van der Waals surface area contributed by atoms with Crippen LogP contribution < -0.4 is 10.4 Å². The van der Waals surface area contributed by atoms with Gasteiger partial charge in [-0.1, -0.05) is 45.1 Å². The number of hydrogen-bond donors (Lipinski definition) is 1. The lowest BCUT2D eigenvalue weighted by molar-refractivity contribution is -0.139. The summed E-state index contributed by atoms with van der Waals surface area (Å²) in [5, 5.41) is 10.5. The number of carbonyl (C=O) groups excluding carboxylic acids is 2. The van der Waals surface area contributed by atoms with Gasteiger partial charge in [0.15, 0.2) is 5.78 Å². The van der Waals surface area contributed by atoms with Crippen molar-refractivity contribution in [1.82, 2.24) is 0 Å². The van der Waals surface area contributed by atoms with Gasteiger partial charge in [-0.3, -0.25) is 9.59 Å². The molecule has 0 aliphatic carbocycles. The molecule has 1 heterocycles. The third-order valence-corrected chi connectivity index (χ3v) is 5.69. The van der Waals surface area contributed by atoms with Crippen molar-refractivity contribution in [2.45, 2.75) is 59.3 Å². The number of carbonyl (C=O) groups is 2. The highest BCUT2D eigenvalue weighted by Gasteiger charge is 2.22. The second-order valence-corrected chi connectivity index (χ2v) is 9.18. The van der Waals surface area contributed by atoms with Crippen LogP contribution in [0.5, 0.6) is 11.5 Å². The Bertz CT molecular complexity index is 1140. The normalized spacial score (nSPS) is 12.7. The highest BCUT2D eigenvalue weighted by atomic mass is 16.5. The van der Waals surface area contributed by atoms with Gasteiger partial charge < -0.3 is 19.0 Å². The quantitative estimate of drug-likeness (QED) is 0.156. The number of Topliss-reactive ketones (excluding diaryl/α,β-unsaturated/α-hetero) is 1. The Morgan fingerprint density at radius 2 is 1.78 bits per heavy atom. The minimum Gasteiger partial charge on any atom is -0.507 e. The maximum atomic E-state index is 12.9. The molecule has 7 heteroatoms. The number of hydrogen-bond acceptors (Lipinski definition) is 7. The lowest BCUT2D eigenvalue weighted by atomic mass is 9.99. The van der Waals surface area contributed by atoms with E-state index in [1.54, 1.807) is 19.1 Å². The molecular formula is C29H36O7. The van der Waals surface area contributed by atoms with Gasteiger partial charge >= 0.3 is 11.6 Å². The van der Waals surface area contributed by atoms with E-state index in [1.165, 1.54) is 13.2 Å². The third-order valence-electron chi connectivity index (χ3n) is 5.69. The van der Waals surface area contributed by atoms with Crippen molar-refractivity contribution in [3.8, 4) is 11.5 Å². The fourth-order valence-electron chi connectivity index (χ4n) is 3.41. The number of ether oxygens (including phenoxy) is 2. The molecular weight excluding hydrogens is 460 g/mol. The Kier molecular flexibility index (Phi) is 11.2. The molecule has 0 fully saturated rings. The van der Waals surface area contributed by atoms with Gasteiger partial charge in [-0.2, -0.15) is 0 Å². The molecule has 2 aromatic rings. The molecule has 0 saturated carbocycles. The van der Waals surface area contributed by atoms with Crippen molar-refractivity contribution in [3.05, 3.63) is 75.4 Å². The summed E-state index contributed by atoms with van der Waals surface area (Å²) in [6.07, 6.45) is 7.65. The van der Waals surface area contributed by atoms with Crippen LogP contribution in [0, 0.1) is 5.92 Å². The number of ketones is 1. The molecule has 36 heavy (non-hydrogen) atoms. The Morgan fingerprint density at radius 1 is 1.08 bits per heavy atom. The maximum absolute atomic E-state index is 12.9. The second kappa shape index (κ2) is 14.1. The second-order valence-electron chi connectivity index (χ2n) is 9.18. The first kappa shape index (κ1) is 28.6. The van der Waals surface area contributed by atoms with E-state index in [9.17, 15) is 19.5 Å². The zero-order valence-electron chi connectivity index (χ0n) is 21.7. The van der Waals surface area contributed by atoms with Crippen molar-refractivity contribution < 1.29 is 28.6 Å². The van der Waals surface area contributed by atoms with Crippen LogP contribution in [0.25, 0.3) is 6.08 Å². The molecule has 1 atom stereocenters. The van der Waals surface area contributed by atoms with E-state index in [-0.39, 0.29) is 23.9 Å². The molecule has 0 bridgehead atoms. The summed E-state index contributed by atoms with van der Waals surface area (Å²) in [6.45, 7) is 8.36. The minimum absolute atomic E-state index is 0.173. The number of allylic oxidation sites excluding steroid dienone is 2. The summed E-state index contributed by atoms with van der Waals surface area (Å²) in [6, 6.07) is 8.64. The fourth-order valence-corrected chi connectivity index (χ4v) is 3.41. The van der Waals surface area contributed by atoms with Crippen LogP contribution in [0.15, 0.2) is 57.3 Å². The van der Waals surface area contributed by atoms with Gasteiger partial charge in [-0.15, -0.1) is 0 Å². The zero-order chi connectivity index (χ0) is 26.7. The largest absolute Gasteiger partial charge is 0.507 e. The van der Waals surface area contributed by atoms with Crippen molar-refractivity contribution in [1.29, 1.82) is 0 Å². The van der Waals surface area contributed by atoms with E-state index in [1.807, 2.05) is 37.3 Å². The number of esters is 1. The summed E-state index contributed by atoms with van der Waals surface area (Å²) in [5.74, 6) is 0.123. The lowest BCUT2D eigenvalue weighted by Crippen LogP contribution is -2.16. The third kappa shape index (κ3) is 8.87. The van der Waals surface area contributed by atoms with Crippen LogP contribution in [0.3, 0.4) is 0 Å². The molecule has 7 nitrogen and oxygen atoms in total. The van der Waals surface area contributed by atoms with Crippen LogP contribution >= 0.6 is 0 Å². The Hall–Kier alpha value is -3.61. The summed E-state index contributed by atoms with van der Waals surface area (Å²) in [5.41, 5.74) is -0.190. The number of benzene rings is 1. The smallest absolute Gasteiger partial charge is 0.351 e. The van der Waals surface area contributed by atoms with Crippen molar-refractivity contribution >= 4 is 17.8 Å². The molecule has 1 unspecified atom stereocenters. The average Bonchev–Trinajstić information content (AvgIpc) is 2.83. The van der Waals surface area contributed by atoms with E-state index >= 15 is 0 Å². The van der Waals surface area contributed by atoms with E-state index in [2.05, 4.69) is 18.6 Å². The standard InChI is InChI=1S/C29H36O7/c1-19(2)15-16-35-23-13-11-22(12-14-23)17-21(4)28(32)27-24(30)18-25(36-29(27)33)20(3)9-7-6-8-10-26(31)34-5/h6,8,11-14,17-20,30H,7,9-10,15-16H2,1-5H3/b8-6+,21-17?. The summed E-state index contributed by atoms with van der Waals surface area (Å²) in [7, 11) is 1.33. The Morgan fingerprint density at radius 3 is 2.39 bits per heavy atom. The molecule has 0 aliphatic heterocycles. The molecule has 0 amide bonds. The zero-order valence-corrected chi connectivity index (χ0v) is 21.7. The minimum atomic E-state index is -0.871. The monoisotopic (exact) mass is 496 g/mol. The highest BCUT2D eigenvalue weighted by Crippen LogP contribution is 2.26. The molecule has 0 spiro atoms. The number of methoxy groups -OCH3 is 1. The maximum Gasteiger partial charge on any atom is 0.351 e. The molecule has 1 aromatic carbocycles. The predicted molar refractivity (Wildman–Crippen MR) is 139 cm³/mol. The van der Waals surface area contributed by atoms with E-state index in [0.29, 0.717) is 36.7 Å². The summed E-state index contributed by atoms with van der Waals surface area (Å²) in [4.78, 5) is 36.6. The highest BCUT2D eigenvalue weighted by molar-refractivity contribution is 6.12.